The third-order valence-electron chi connectivity index (χ3n) is 3.00. The van der Waals surface area contributed by atoms with Crippen molar-refractivity contribution in [2.75, 3.05) is 0 Å². The number of rotatable bonds is 3. The molecule has 0 aliphatic rings. The Kier molecular flexibility index (Phi) is 4.82. The molecule has 2 radical (unpaired) electrons. The van der Waals surface area contributed by atoms with Gasteiger partial charge < -0.3 is 0 Å². The van der Waals surface area contributed by atoms with Crippen LogP contribution < -0.4 is 15.6 Å². The Morgan fingerprint density at radius 3 is 1.61 bits per heavy atom. The van der Waals surface area contributed by atoms with E-state index in [-0.39, 0.29) is 0 Å². The Balaban J connectivity index is 3.32. The topological polar surface area (TPSA) is 0 Å². The molecular formula is C15H24Si3. The van der Waals surface area contributed by atoms with Gasteiger partial charge in [0, 0.05) is 0 Å². The maximum absolute atomic E-state index is 3.23. The molecule has 0 saturated heterocycles. The summed E-state index contributed by atoms with van der Waals surface area (Å²) in [5.41, 5.74) is 3.23. The lowest BCUT2D eigenvalue weighted by Gasteiger charge is -2.23. The van der Waals surface area contributed by atoms with Gasteiger partial charge in [-0.15, -0.1) is 11.5 Å². The summed E-state index contributed by atoms with van der Waals surface area (Å²) in [6, 6.07) is 7.28. The second kappa shape index (κ2) is 5.60. The molecule has 0 amide bonds. The fourth-order valence-electron chi connectivity index (χ4n) is 1.70. The maximum atomic E-state index is 3.23. The molecule has 0 N–H and O–H groups in total. The average Bonchev–Trinajstić information content (AvgIpc) is 2.23. The third kappa shape index (κ3) is 4.27. The average molecular weight is 289 g/mol. The number of hydrogen-bond donors (Lipinski definition) is 0. The molecule has 1 aromatic carbocycles. The molecule has 0 aliphatic heterocycles. The first-order valence-electron chi connectivity index (χ1n) is 6.48. The first kappa shape index (κ1) is 15.5. The predicted molar refractivity (Wildman–Crippen MR) is 91.2 cm³/mol. The van der Waals surface area contributed by atoms with E-state index in [1.165, 1.54) is 5.19 Å². The van der Waals surface area contributed by atoms with Crippen LogP contribution in [-0.4, -0.2) is 25.7 Å². The molecule has 1 aromatic rings. The molecule has 0 atom stereocenters. The summed E-state index contributed by atoms with van der Waals surface area (Å²) in [7, 11) is -1.83. The molecule has 0 aliphatic carbocycles. The molecule has 0 spiro atoms. The summed E-state index contributed by atoms with van der Waals surface area (Å²) in [6.45, 7) is 16.5. The molecular weight excluding hydrogens is 264 g/mol. The van der Waals surface area contributed by atoms with Crippen molar-refractivity contribution in [1.82, 2.24) is 0 Å². The zero-order chi connectivity index (χ0) is 14.0. The van der Waals surface area contributed by atoms with Crippen LogP contribution in [0.4, 0.5) is 0 Å². The van der Waals surface area contributed by atoms with Gasteiger partial charge in [0.15, 0.2) is 9.52 Å². The first-order valence-corrected chi connectivity index (χ1v) is 14.5. The van der Waals surface area contributed by atoms with Gasteiger partial charge >= 0.3 is 0 Å². The summed E-state index contributed by atoms with van der Waals surface area (Å²) in [6.07, 6.45) is 0. The summed E-state index contributed by atoms with van der Waals surface area (Å²) in [5, 5.41) is 4.60. The van der Waals surface area contributed by atoms with Crippen LogP contribution in [0.25, 0.3) is 0 Å². The van der Waals surface area contributed by atoms with E-state index < -0.39 is 16.1 Å². The van der Waals surface area contributed by atoms with Crippen molar-refractivity contribution in [3.63, 3.8) is 0 Å². The quantitative estimate of drug-likeness (QED) is 0.590. The maximum Gasteiger partial charge on any atom is 0.186 e. The zero-order valence-corrected chi connectivity index (χ0v) is 15.7. The fourth-order valence-corrected chi connectivity index (χ4v) is 5.21. The molecule has 1 rings (SSSR count). The first-order chi connectivity index (χ1) is 8.14. The predicted octanol–water partition coefficient (Wildman–Crippen LogP) is 2.09. The molecule has 0 saturated carbocycles. The van der Waals surface area contributed by atoms with E-state index in [4.69, 9.17) is 0 Å². The highest BCUT2D eigenvalue weighted by Gasteiger charge is 2.22. The van der Waals surface area contributed by atoms with E-state index in [9.17, 15) is 0 Å². The standard InChI is InChI=1S/C15H24Si3/c1-8-9-16-13-10-14(17(2,3)4)12-15(11-13)18(5,6)7/h10-12H,1-7H3. The van der Waals surface area contributed by atoms with Crippen LogP contribution in [0.2, 0.25) is 39.3 Å². The smallest absolute Gasteiger partial charge is 0.130 e. The van der Waals surface area contributed by atoms with Crippen molar-refractivity contribution in [3.05, 3.63) is 18.2 Å². The zero-order valence-electron chi connectivity index (χ0n) is 12.7. The van der Waals surface area contributed by atoms with Crippen LogP contribution in [-0.2, 0) is 0 Å². The minimum Gasteiger partial charge on any atom is -0.130 e. The summed E-state index contributed by atoms with van der Waals surface area (Å²) < 4.78 is 0. The van der Waals surface area contributed by atoms with Crippen molar-refractivity contribution in [1.29, 1.82) is 0 Å². The van der Waals surface area contributed by atoms with E-state index >= 15 is 0 Å². The van der Waals surface area contributed by atoms with Gasteiger partial charge in [-0.1, -0.05) is 67.9 Å². The van der Waals surface area contributed by atoms with Gasteiger partial charge in [0.2, 0.25) is 0 Å². The molecule has 0 nitrogen and oxygen atoms in total. The minimum absolute atomic E-state index is 0.639. The highest BCUT2D eigenvalue weighted by molar-refractivity contribution is 6.92. The van der Waals surface area contributed by atoms with Gasteiger partial charge in [-0.3, -0.25) is 0 Å². The highest BCUT2D eigenvalue weighted by Crippen LogP contribution is 2.04. The number of benzene rings is 1. The Morgan fingerprint density at radius 1 is 0.833 bits per heavy atom. The number of hydrogen-bond acceptors (Lipinski definition) is 0. The van der Waals surface area contributed by atoms with Crippen molar-refractivity contribution >= 4 is 41.2 Å². The van der Waals surface area contributed by atoms with Crippen LogP contribution in [0.3, 0.4) is 0 Å². The van der Waals surface area contributed by atoms with Gasteiger partial charge in [-0.2, -0.15) is 0 Å². The Morgan fingerprint density at radius 2 is 1.28 bits per heavy atom. The van der Waals surface area contributed by atoms with Crippen LogP contribution in [0.1, 0.15) is 6.92 Å². The monoisotopic (exact) mass is 288 g/mol. The van der Waals surface area contributed by atoms with Crippen LogP contribution >= 0.6 is 0 Å². The van der Waals surface area contributed by atoms with Crippen molar-refractivity contribution in [2.45, 2.75) is 46.2 Å². The van der Waals surface area contributed by atoms with E-state index in [0.717, 1.165) is 0 Å². The van der Waals surface area contributed by atoms with E-state index in [1.807, 2.05) is 6.92 Å². The highest BCUT2D eigenvalue weighted by atomic mass is 28.3. The molecule has 0 heterocycles. The summed E-state index contributed by atoms with van der Waals surface area (Å²) >= 11 is 0. The SMILES string of the molecule is CC#C[Si]c1cc([Si](C)(C)C)cc([Si](C)(C)C)c1. The van der Waals surface area contributed by atoms with E-state index in [1.54, 1.807) is 10.4 Å². The van der Waals surface area contributed by atoms with Gasteiger partial charge in [0.1, 0.15) is 0 Å². The lowest BCUT2D eigenvalue weighted by molar-refractivity contribution is 1.68. The Labute approximate surface area is 117 Å². The lowest BCUT2D eigenvalue weighted by atomic mass is 10.3. The third-order valence-corrected chi connectivity index (χ3v) is 7.99. The molecule has 0 unspecified atom stereocenters. The molecule has 0 aromatic heterocycles. The lowest BCUT2D eigenvalue weighted by Crippen LogP contribution is -2.48. The van der Waals surface area contributed by atoms with E-state index in [0.29, 0.717) is 9.52 Å². The molecule has 0 bridgehead atoms. The van der Waals surface area contributed by atoms with Crippen LogP contribution in [0.15, 0.2) is 18.2 Å². The molecule has 18 heavy (non-hydrogen) atoms. The molecule has 96 valence electrons. The van der Waals surface area contributed by atoms with Gasteiger partial charge in [-0.25, -0.2) is 0 Å². The van der Waals surface area contributed by atoms with Gasteiger partial charge in [0.25, 0.3) is 0 Å². The van der Waals surface area contributed by atoms with Crippen LogP contribution in [0, 0.1) is 11.5 Å². The Bertz CT molecular complexity index is 447. The normalized spacial score (nSPS) is 11.9. The summed E-state index contributed by atoms with van der Waals surface area (Å²) in [4.78, 5) is 0. The fraction of sp³-hybridized carbons (Fsp3) is 0.467. The molecule has 0 fully saturated rings. The molecule has 3 heteroatoms. The van der Waals surface area contributed by atoms with Crippen molar-refractivity contribution in [2.24, 2.45) is 0 Å². The van der Waals surface area contributed by atoms with Crippen molar-refractivity contribution < 1.29 is 0 Å². The van der Waals surface area contributed by atoms with E-state index in [2.05, 4.69) is 68.9 Å². The summed E-state index contributed by atoms with van der Waals surface area (Å²) in [5.74, 6) is 3.02. The van der Waals surface area contributed by atoms with Crippen molar-refractivity contribution in [3.8, 4) is 11.5 Å². The second-order valence-electron chi connectivity index (χ2n) is 6.80. The second-order valence-corrected chi connectivity index (χ2v) is 18.0. The van der Waals surface area contributed by atoms with Crippen LogP contribution in [0.5, 0.6) is 0 Å². The largest absolute Gasteiger partial charge is 0.186 e. The van der Waals surface area contributed by atoms with Gasteiger partial charge in [0.05, 0.1) is 16.1 Å². The Hall–Kier alpha value is -0.569. The minimum atomic E-state index is -1.24. The van der Waals surface area contributed by atoms with Gasteiger partial charge in [-0.05, 0) is 12.1 Å².